The van der Waals surface area contributed by atoms with Crippen LogP contribution in [0.25, 0.3) is 0 Å². The van der Waals surface area contributed by atoms with E-state index in [2.05, 4.69) is 11.6 Å². The molecule has 1 aliphatic rings. The van der Waals surface area contributed by atoms with Crippen LogP contribution in [-0.4, -0.2) is 17.5 Å². The molecule has 90 valence electrons. The lowest BCUT2D eigenvalue weighted by Crippen LogP contribution is -2.25. The molecule has 0 amide bonds. The molecular weight excluding hydrogens is 235 g/mol. The van der Waals surface area contributed by atoms with E-state index in [-0.39, 0.29) is 5.82 Å². The van der Waals surface area contributed by atoms with E-state index in [0.29, 0.717) is 22.4 Å². The number of halogens is 1. The lowest BCUT2D eigenvalue weighted by molar-refractivity contribution is 0.583. The summed E-state index contributed by atoms with van der Waals surface area (Å²) in [6, 6.07) is 6.56. The fourth-order valence-electron chi connectivity index (χ4n) is 1.78. The van der Waals surface area contributed by atoms with E-state index in [9.17, 15) is 4.39 Å². The Balaban J connectivity index is 1.89. The number of nitrogens with zero attached hydrogens (tertiary/aromatic N) is 1. The first kappa shape index (κ1) is 12.4. The average molecular weight is 250 g/mol. The Morgan fingerprint density at radius 1 is 1.53 bits per heavy atom. The maximum absolute atomic E-state index is 13.6. The largest absolute Gasteiger partial charge is 0.311 e. The van der Waals surface area contributed by atoms with Crippen LogP contribution in [0.5, 0.6) is 0 Å². The van der Waals surface area contributed by atoms with Crippen molar-refractivity contribution >= 4 is 11.8 Å². The quantitative estimate of drug-likeness (QED) is 0.872. The molecule has 2 rings (SSSR count). The molecule has 2 nitrogen and oxygen atoms in total. The molecule has 4 heteroatoms. The molecule has 1 aliphatic carbocycles. The topological polar surface area (TPSA) is 35.8 Å². The Bertz CT molecular complexity index is 449. The smallest absolute Gasteiger partial charge is 0.129 e. The highest BCUT2D eigenvalue weighted by atomic mass is 32.2. The van der Waals surface area contributed by atoms with Crippen molar-refractivity contribution in [3.05, 3.63) is 35.1 Å². The van der Waals surface area contributed by atoms with Gasteiger partial charge < -0.3 is 5.32 Å². The molecule has 1 fully saturated rings. The van der Waals surface area contributed by atoms with Crippen molar-refractivity contribution in [2.24, 2.45) is 0 Å². The zero-order chi connectivity index (χ0) is 12.3. The molecule has 0 unspecified atom stereocenters. The Labute approximate surface area is 105 Å². The van der Waals surface area contributed by atoms with Gasteiger partial charge in [-0.3, -0.25) is 0 Å². The second-order valence-corrected chi connectivity index (χ2v) is 5.68. The molecule has 0 aromatic heterocycles. The van der Waals surface area contributed by atoms with Crippen molar-refractivity contribution in [1.29, 1.82) is 5.26 Å². The van der Waals surface area contributed by atoms with Gasteiger partial charge in [0.25, 0.3) is 0 Å². The summed E-state index contributed by atoms with van der Waals surface area (Å²) in [7, 11) is 0. The molecule has 0 aliphatic heterocycles. The molecule has 0 radical (unpaired) electrons. The maximum Gasteiger partial charge on any atom is 0.129 e. The zero-order valence-corrected chi connectivity index (χ0v) is 10.6. The van der Waals surface area contributed by atoms with Crippen molar-refractivity contribution in [3.8, 4) is 6.07 Å². The SMILES string of the molecule is CSC1(CNCc2ccc(C#N)cc2F)CC1. The molecule has 1 aromatic carbocycles. The zero-order valence-electron chi connectivity index (χ0n) is 9.79. The summed E-state index contributed by atoms with van der Waals surface area (Å²) in [5, 5.41) is 11.9. The van der Waals surface area contributed by atoms with Gasteiger partial charge in [-0.2, -0.15) is 17.0 Å². The van der Waals surface area contributed by atoms with E-state index < -0.39 is 0 Å². The van der Waals surface area contributed by atoms with Crippen LogP contribution in [0, 0.1) is 17.1 Å². The van der Waals surface area contributed by atoms with Gasteiger partial charge >= 0.3 is 0 Å². The lowest BCUT2D eigenvalue weighted by Gasteiger charge is -2.13. The Kier molecular flexibility index (Phi) is 3.70. The van der Waals surface area contributed by atoms with E-state index in [1.807, 2.05) is 17.8 Å². The standard InChI is InChI=1S/C13H15FN2S/c1-17-13(4-5-13)9-16-8-11-3-2-10(7-15)6-12(11)14/h2-3,6,16H,4-5,8-9H2,1H3. The van der Waals surface area contributed by atoms with Crippen molar-refractivity contribution < 1.29 is 4.39 Å². The Morgan fingerprint density at radius 3 is 2.82 bits per heavy atom. The number of hydrogen-bond acceptors (Lipinski definition) is 3. The predicted molar refractivity (Wildman–Crippen MR) is 68.3 cm³/mol. The fourth-order valence-corrected chi connectivity index (χ4v) is 2.53. The molecule has 1 aromatic rings. The third kappa shape index (κ3) is 2.99. The van der Waals surface area contributed by atoms with Crippen LogP contribution in [0.3, 0.4) is 0 Å². The van der Waals surface area contributed by atoms with E-state index >= 15 is 0 Å². The number of nitriles is 1. The normalized spacial score (nSPS) is 16.5. The molecule has 0 spiro atoms. The van der Waals surface area contributed by atoms with Crippen LogP contribution in [-0.2, 0) is 6.54 Å². The molecule has 17 heavy (non-hydrogen) atoms. The van der Waals surface area contributed by atoms with Gasteiger partial charge in [0.05, 0.1) is 11.6 Å². The molecule has 0 bridgehead atoms. The van der Waals surface area contributed by atoms with Gasteiger partial charge in [-0.1, -0.05) is 6.07 Å². The van der Waals surface area contributed by atoms with Crippen LogP contribution < -0.4 is 5.32 Å². The molecule has 1 saturated carbocycles. The number of nitrogens with one attached hydrogen (secondary N) is 1. The summed E-state index contributed by atoms with van der Waals surface area (Å²) in [5.74, 6) is -0.300. The maximum atomic E-state index is 13.6. The van der Waals surface area contributed by atoms with Crippen LogP contribution in [0.15, 0.2) is 18.2 Å². The number of benzene rings is 1. The van der Waals surface area contributed by atoms with Gasteiger partial charge in [0.2, 0.25) is 0 Å². The third-order valence-corrected chi connectivity index (χ3v) is 4.60. The van der Waals surface area contributed by atoms with Crippen molar-refractivity contribution in [2.75, 3.05) is 12.8 Å². The second-order valence-electron chi connectivity index (χ2n) is 4.41. The third-order valence-electron chi connectivity index (χ3n) is 3.19. The van der Waals surface area contributed by atoms with E-state index in [0.717, 1.165) is 6.54 Å². The van der Waals surface area contributed by atoms with E-state index in [1.54, 1.807) is 12.1 Å². The average Bonchev–Trinajstić information content (AvgIpc) is 3.12. The lowest BCUT2D eigenvalue weighted by atomic mass is 10.1. The van der Waals surface area contributed by atoms with Gasteiger partial charge in [-0.15, -0.1) is 0 Å². The number of hydrogen-bond donors (Lipinski definition) is 1. The van der Waals surface area contributed by atoms with Crippen LogP contribution in [0.1, 0.15) is 24.0 Å². The summed E-state index contributed by atoms with van der Waals surface area (Å²) < 4.78 is 14.0. The van der Waals surface area contributed by atoms with Gasteiger partial charge in [0.1, 0.15) is 5.82 Å². The predicted octanol–water partition coefficient (Wildman–Crippen LogP) is 2.68. The molecule has 0 saturated heterocycles. The first-order valence-corrected chi connectivity index (χ1v) is 6.86. The van der Waals surface area contributed by atoms with Crippen molar-refractivity contribution in [1.82, 2.24) is 5.32 Å². The van der Waals surface area contributed by atoms with Crippen molar-refractivity contribution in [2.45, 2.75) is 24.1 Å². The van der Waals surface area contributed by atoms with Crippen LogP contribution >= 0.6 is 11.8 Å². The minimum absolute atomic E-state index is 0.300. The summed E-state index contributed by atoms with van der Waals surface area (Å²) in [5.41, 5.74) is 0.995. The molecule has 0 heterocycles. The summed E-state index contributed by atoms with van der Waals surface area (Å²) in [4.78, 5) is 0. The van der Waals surface area contributed by atoms with E-state index in [1.165, 1.54) is 18.9 Å². The first-order valence-electron chi connectivity index (χ1n) is 5.63. The summed E-state index contributed by atoms with van der Waals surface area (Å²) in [6.45, 7) is 1.45. The monoisotopic (exact) mass is 250 g/mol. The fraction of sp³-hybridized carbons (Fsp3) is 0.462. The second kappa shape index (κ2) is 5.07. The molecular formula is C13H15FN2S. The Hall–Kier alpha value is -1.05. The number of rotatable bonds is 5. The highest BCUT2D eigenvalue weighted by Gasteiger charge is 2.41. The molecule has 0 atom stereocenters. The summed E-state index contributed by atoms with van der Waals surface area (Å²) >= 11 is 1.88. The van der Waals surface area contributed by atoms with Gasteiger partial charge in [-0.05, 0) is 31.2 Å². The van der Waals surface area contributed by atoms with Gasteiger partial charge in [0.15, 0.2) is 0 Å². The number of thioether (sulfide) groups is 1. The van der Waals surface area contributed by atoms with Crippen LogP contribution in [0.2, 0.25) is 0 Å². The highest BCUT2D eigenvalue weighted by molar-refractivity contribution is 8.00. The van der Waals surface area contributed by atoms with Crippen LogP contribution in [0.4, 0.5) is 4.39 Å². The van der Waals surface area contributed by atoms with Gasteiger partial charge in [-0.25, -0.2) is 4.39 Å². The first-order chi connectivity index (χ1) is 8.19. The Morgan fingerprint density at radius 2 is 2.29 bits per heavy atom. The van der Waals surface area contributed by atoms with Gasteiger partial charge in [0, 0.05) is 23.4 Å². The molecule has 1 N–H and O–H groups in total. The van der Waals surface area contributed by atoms with Crippen molar-refractivity contribution in [3.63, 3.8) is 0 Å². The highest BCUT2D eigenvalue weighted by Crippen LogP contribution is 2.46. The minimum Gasteiger partial charge on any atom is -0.311 e. The minimum atomic E-state index is -0.300. The summed E-state index contributed by atoms with van der Waals surface area (Å²) in [6.07, 6.45) is 4.62. The van der Waals surface area contributed by atoms with E-state index in [4.69, 9.17) is 5.26 Å².